The number of nitrogens with two attached hydrogens (primary N) is 2. The molecule has 20 heavy (non-hydrogen) atoms. The topological polar surface area (TPSA) is 157 Å². The lowest BCUT2D eigenvalue weighted by Crippen LogP contribution is -2.28. The van der Waals surface area contributed by atoms with E-state index in [9.17, 15) is 16.8 Å². The number of hydrogen-bond acceptors (Lipinski definition) is 7. The van der Waals surface area contributed by atoms with Crippen LogP contribution in [0, 0.1) is 0 Å². The van der Waals surface area contributed by atoms with Gasteiger partial charge in [-0.2, -0.15) is 0 Å². The molecule has 0 aromatic carbocycles. The minimum atomic E-state index is -3.86. The van der Waals surface area contributed by atoms with Gasteiger partial charge in [0, 0.05) is 17.2 Å². The summed E-state index contributed by atoms with van der Waals surface area (Å²) >= 11 is 3.11. The maximum Gasteiger partial charge on any atom is 0.244 e. The molecule has 1 aromatic rings. The van der Waals surface area contributed by atoms with Gasteiger partial charge in [0.1, 0.15) is 4.90 Å². The Hall–Kier alpha value is -0.790. The Bertz CT molecular complexity index is 676. The van der Waals surface area contributed by atoms with E-state index in [0.29, 0.717) is 4.47 Å². The van der Waals surface area contributed by atoms with Gasteiger partial charge in [-0.3, -0.25) is 0 Å². The normalized spacial score (nSPS) is 12.3. The van der Waals surface area contributed by atoms with Crippen LogP contribution >= 0.6 is 15.9 Å². The van der Waals surface area contributed by atoms with Crippen molar-refractivity contribution >= 4 is 41.8 Å². The van der Waals surface area contributed by atoms with Crippen LogP contribution in [0.5, 0.6) is 0 Å². The van der Waals surface area contributed by atoms with Crippen LogP contribution in [0.2, 0.25) is 0 Å². The molecule has 6 N–H and O–H groups in total. The number of sulfonamides is 2. The molecule has 0 aliphatic carbocycles. The number of anilines is 1. The predicted molar refractivity (Wildman–Crippen MR) is 77.5 cm³/mol. The summed E-state index contributed by atoms with van der Waals surface area (Å²) < 4.78 is 48.2. The zero-order chi connectivity index (χ0) is 15.4. The summed E-state index contributed by atoms with van der Waals surface area (Å²) in [6.07, 6.45) is 1.44. The summed E-state index contributed by atoms with van der Waals surface area (Å²) in [5.74, 6) is 4.86. The molecule has 0 saturated heterocycles. The van der Waals surface area contributed by atoms with Crippen LogP contribution in [-0.2, 0) is 20.0 Å². The van der Waals surface area contributed by atoms with Crippen molar-refractivity contribution < 1.29 is 16.8 Å². The number of hydrogen-bond donors (Lipinski definition) is 4. The Morgan fingerprint density at radius 1 is 1.30 bits per heavy atom. The van der Waals surface area contributed by atoms with Gasteiger partial charge in [-0.15, -0.1) is 0 Å². The van der Waals surface area contributed by atoms with E-state index >= 15 is 0 Å². The minimum absolute atomic E-state index is 0.0212. The third kappa shape index (κ3) is 5.30. The molecule has 0 bridgehead atoms. The number of nitrogens with one attached hydrogen (secondary N) is 2. The molecule has 1 rings (SSSR count). The van der Waals surface area contributed by atoms with E-state index in [0.717, 1.165) is 0 Å². The first-order valence-corrected chi connectivity index (χ1v) is 9.27. The second-order valence-electron chi connectivity index (χ2n) is 3.76. The van der Waals surface area contributed by atoms with Gasteiger partial charge in [-0.1, -0.05) is 0 Å². The van der Waals surface area contributed by atoms with E-state index < -0.39 is 20.0 Å². The minimum Gasteiger partial charge on any atom is -0.307 e. The standard InChI is InChI=1S/C8H14BrN5O4S2/c9-6-4-7(8(14-10)12-5-6)20(17,18)13-2-1-3-19(11,15)16/h4-5,13H,1-3,10H2,(H,12,14)(H2,11,15,16). The maximum absolute atomic E-state index is 12.0. The van der Waals surface area contributed by atoms with Crippen molar-refractivity contribution in [3.05, 3.63) is 16.7 Å². The maximum atomic E-state index is 12.0. The SMILES string of the molecule is NNc1ncc(Br)cc1S(=O)(=O)NCCCS(N)(=O)=O. The van der Waals surface area contributed by atoms with Crippen molar-refractivity contribution in [3.8, 4) is 0 Å². The average Bonchev–Trinajstić information content (AvgIpc) is 2.33. The highest BCUT2D eigenvalue weighted by Gasteiger charge is 2.19. The van der Waals surface area contributed by atoms with Crippen molar-refractivity contribution in [2.45, 2.75) is 11.3 Å². The van der Waals surface area contributed by atoms with Crippen molar-refractivity contribution in [1.82, 2.24) is 9.71 Å². The Labute approximate surface area is 125 Å². The Morgan fingerprint density at radius 2 is 1.95 bits per heavy atom. The Balaban J connectivity index is 2.81. The fraction of sp³-hybridized carbons (Fsp3) is 0.375. The van der Waals surface area contributed by atoms with Gasteiger partial charge in [-0.05, 0) is 28.4 Å². The molecule has 0 fully saturated rings. The number of primary sulfonamides is 1. The van der Waals surface area contributed by atoms with Crippen molar-refractivity contribution in [1.29, 1.82) is 0 Å². The highest BCUT2D eigenvalue weighted by atomic mass is 79.9. The number of pyridine rings is 1. The lowest BCUT2D eigenvalue weighted by molar-refractivity contribution is 0.576. The number of halogens is 1. The van der Waals surface area contributed by atoms with Crippen LogP contribution in [-0.4, -0.2) is 34.1 Å². The number of aromatic nitrogens is 1. The van der Waals surface area contributed by atoms with Crippen LogP contribution < -0.4 is 21.1 Å². The Morgan fingerprint density at radius 3 is 2.50 bits per heavy atom. The molecule has 0 amide bonds. The zero-order valence-electron chi connectivity index (χ0n) is 10.2. The average molecular weight is 388 g/mol. The van der Waals surface area contributed by atoms with Crippen LogP contribution in [0.3, 0.4) is 0 Å². The highest BCUT2D eigenvalue weighted by Crippen LogP contribution is 2.21. The smallest absolute Gasteiger partial charge is 0.244 e. The molecule has 0 unspecified atom stereocenters. The molecule has 9 nitrogen and oxygen atoms in total. The van der Waals surface area contributed by atoms with Crippen LogP contribution in [0.1, 0.15) is 6.42 Å². The van der Waals surface area contributed by atoms with Gasteiger partial charge in [0.05, 0.1) is 5.75 Å². The number of hydrazine groups is 1. The first kappa shape index (κ1) is 17.3. The van der Waals surface area contributed by atoms with Gasteiger partial charge >= 0.3 is 0 Å². The lowest BCUT2D eigenvalue weighted by Gasteiger charge is -2.10. The van der Waals surface area contributed by atoms with Crippen LogP contribution in [0.4, 0.5) is 5.82 Å². The second-order valence-corrected chi connectivity index (χ2v) is 8.15. The summed E-state index contributed by atoms with van der Waals surface area (Å²) in [6, 6.07) is 1.32. The summed E-state index contributed by atoms with van der Waals surface area (Å²) in [6.45, 7) is -0.0741. The quantitative estimate of drug-likeness (QED) is 0.267. The highest BCUT2D eigenvalue weighted by molar-refractivity contribution is 9.10. The van der Waals surface area contributed by atoms with Gasteiger partial charge in [0.2, 0.25) is 20.0 Å². The predicted octanol–water partition coefficient (Wildman–Crippen LogP) is -0.913. The van der Waals surface area contributed by atoms with E-state index in [2.05, 4.69) is 31.1 Å². The number of nitrogens with zero attached hydrogens (tertiary/aromatic N) is 1. The van der Waals surface area contributed by atoms with Crippen molar-refractivity contribution in [2.24, 2.45) is 11.0 Å². The first-order valence-electron chi connectivity index (χ1n) is 5.28. The molecule has 0 aliphatic heterocycles. The van der Waals surface area contributed by atoms with Crippen molar-refractivity contribution in [2.75, 3.05) is 17.7 Å². The van der Waals surface area contributed by atoms with E-state index in [1.807, 2.05) is 0 Å². The molecule has 12 heteroatoms. The summed E-state index contributed by atoms with van der Waals surface area (Å²) in [7, 11) is -7.48. The molecule has 0 saturated carbocycles. The fourth-order valence-electron chi connectivity index (χ4n) is 1.29. The van der Waals surface area contributed by atoms with E-state index in [4.69, 9.17) is 11.0 Å². The monoisotopic (exact) mass is 387 g/mol. The van der Waals surface area contributed by atoms with Crippen molar-refractivity contribution in [3.63, 3.8) is 0 Å². The molecule has 0 aliphatic rings. The van der Waals surface area contributed by atoms with Gasteiger partial charge in [0.25, 0.3) is 0 Å². The van der Waals surface area contributed by atoms with E-state index in [1.54, 1.807) is 0 Å². The molecule has 114 valence electrons. The van der Waals surface area contributed by atoms with Crippen LogP contribution in [0.15, 0.2) is 21.6 Å². The summed E-state index contributed by atoms with van der Waals surface area (Å²) in [5, 5.41) is 4.81. The second kappa shape index (κ2) is 6.78. The number of nitrogen functional groups attached to an aromatic ring is 1. The first-order chi connectivity index (χ1) is 9.15. The molecule has 0 atom stereocenters. The van der Waals surface area contributed by atoms with Crippen LogP contribution in [0.25, 0.3) is 0 Å². The fourth-order valence-corrected chi connectivity index (χ4v) is 3.54. The zero-order valence-corrected chi connectivity index (χ0v) is 13.4. The molecular weight excluding hydrogens is 374 g/mol. The number of rotatable bonds is 7. The molecule has 0 radical (unpaired) electrons. The molecule has 0 spiro atoms. The largest absolute Gasteiger partial charge is 0.307 e. The summed E-state index contributed by atoms with van der Waals surface area (Å²) in [4.78, 5) is 3.66. The Kier molecular flexibility index (Phi) is 5.85. The third-order valence-corrected chi connectivity index (χ3v) is 4.91. The van der Waals surface area contributed by atoms with E-state index in [-0.39, 0.29) is 29.4 Å². The third-order valence-electron chi connectivity index (χ3n) is 2.14. The molecule has 1 heterocycles. The summed E-state index contributed by atoms with van der Waals surface area (Å²) in [5.41, 5.74) is 2.18. The molecular formula is C8H14BrN5O4S2. The van der Waals surface area contributed by atoms with Gasteiger partial charge in [-0.25, -0.2) is 37.5 Å². The van der Waals surface area contributed by atoms with Gasteiger partial charge in [0.15, 0.2) is 5.82 Å². The lowest BCUT2D eigenvalue weighted by atomic mass is 10.5. The molecule has 1 aromatic heterocycles. The van der Waals surface area contributed by atoms with E-state index in [1.165, 1.54) is 12.3 Å². The van der Waals surface area contributed by atoms with Gasteiger partial charge < -0.3 is 5.43 Å².